The number of carbonyl (C=O) groups is 2. The number of ether oxygens (including phenoxy) is 28. The van der Waals surface area contributed by atoms with Gasteiger partial charge in [0.15, 0.2) is 0 Å². The number of hydrogen-bond acceptors (Lipinski definition) is 30. The maximum atomic E-state index is 11.9. The Morgan fingerprint density at radius 1 is 0.211 bits per heavy atom. The Balaban J connectivity index is 3.11. The molecular formula is C64H123NO30. The highest BCUT2D eigenvalue weighted by atomic mass is 16.6. The molecule has 564 valence electrons. The van der Waals surface area contributed by atoms with Gasteiger partial charge < -0.3 is 138 Å². The lowest BCUT2D eigenvalue weighted by Crippen LogP contribution is -2.28. The number of amides is 1. The van der Waals surface area contributed by atoms with Crippen molar-refractivity contribution >= 4 is 11.7 Å². The van der Waals surface area contributed by atoms with Crippen molar-refractivity contribution in [1.82, 2.24) is 5.32 Å². The van der Waals surface area contributed by atoms with Gasteiger partial charge in [-0.2, -0.15) is 0 Å². The van der Waals surface area contributed by atoms with Gasteiger partial charge >= 0.3 is 0 Å². The van der Waals surface area contributed by atoms with Gasteiger partial charge in [-0.15, -0.1) is 6.42 Å². The lowest BCUT2D eigenvalue weighted by atomic mass is 10.3. The SMILES string of the molecule is C#CCOCCOCCOCCOCCC(=O)NCCOCCOCCOCCOCCOCCOCCOCCOCCOCCOCCOCCOCCOCCOCCOCCOCCOCCOCCOCCOCCOCCOCCOCCOCCC(C)=O. The Labute approximate surface area is 566 Å². The van der Waals surface area contributed by atoms with Crippen molar-refractivity contribution in [3.05, 3.63) is 0 Å². The second-order valence-electron chi connectivity index (χ2n) is 19.3. The van der Waals surface area contributed by atoms with Gasteiger partial charge in [0.05, 0.1) is 363 Å². The van der Waals surface area contributed by atoms with Gasteiger partial charge in [-0.3, -0.25) is 9.59 Å². The highest BCUT2D eigenvalue weighted by Gasteiger charge is 2.04. The third-order valence-corrected chi connectivity index (χ3v) is 11.5. The number of carbonyl (C=O) groups excluding carboxylic acids is 2. The zero-order valence-electron chi connectivity index (χ0n) is 57.5. The molecule has 0 saturated heterocycles. The molecule has 95 heavy (non-hydrogen) atoms. The molecule has 0 bridgehead atoms. The molecule has 0 aliphatic heterocycles. The van der Waals surface area contributed by atoms with Crippen molar-refractivity contribution in [2.24, 2.45) is 0 Å². The van der Waals surface area contributed by atoms with E-state index in [1.807, 2.05) is 0 Å². The van der Waals surface area contributed by atoms with Crippen LogP contribution in [0.3, 0.4) is 0 Å². The monoisotopic (exact) mass is 1390 g/mol. The molecule has 0 rings (SSSR count). The molecule has 0 aliphatic rings. The molecule has 0 saturated carbocycles. The standard InChI is InChI=1S/C64H123NO30/c1-3-7-68-11-15-72-19-20-74-17-13-70-9-5-64(67)65-6-10-71-14-18-75-22-24-77-26-28-79-30-32-81-34-36-83-38-40-85-42-44-87-46-48-89-50-52-91-54-56-93-58-60-95-62-61-94-59-57-92-55-53-90-51-49-88-47-45-86-43-41-84-39-37-82-35-33-80-31-29-78-27-25-76-23-21-73-16-12-69-8-4-63(2)66/h1H,4-62H2,2H3,(H,65,67). The first-order valence-corrected chi connectivity index (χ1v) is 33.5. The molecule has 0 aliphatic carbocycles. The van der Waals surface area contributed by atoms with E-state index in [0.717, 1.165) is 0 Å². The van der Waals surface area contributed by atoms with Gasteiger partial charge in [-0.05, 0) is 6.92 Å². The molecule has 1 N–H and O–H groups in total. The van der Waals surface area contributed by atoms with E-state index in [0.29, 0.717) is 376 Å². The van der Waals surface area contributed by atoms with Crippen LogP contribution < -0.4 is 5.32 Å². The van der Waals surface area contributed by atoms with Crippen LogP contribution in [0.2, 0.25) is 0 Å². The van der Waals surface area contributed by atoms with E-state index >= 15 is 0 Å². The molecule has 0 spiro atoms. The lowest BCUT2D eigenvalue weighted by molar-refractivity contribution is -0.122. The van der Waals surface area contributed by atoms with E-state index in [2.05, 4.69) is 11.2 Å². The molecular weight excluding hydrogens is 1260 g/mol. The van der Waals surface area contributed by atoms with Crippen molar-refractivity contribution in [3.8, 4) is 12.3 Å². The van der Waals surface area contributed by atoms with Crippen molar-refractivity contribution in [2.45, 2.75) is 19.8 Å². The molecule has 0 heterocycles. The number of ketones is 1. The molecule has 31 heteroatoms. The Morgan fingerprint density at radius 3 is 0.505 bits per heavy atom. The van der Waals surface area contributed by atoms with Crippen LogP contribution in [0.1, 0.15) is 19.8 Å². The molecule has 0 fully saturated rings. The zero-order chi connectivity index (χ0) is 68.1. The summed E-state index contributed by atoms with van der Waals surface area (Å²) in [6.45, 7) is 27.9. The van der Waals surface area contributed by atoms with Crippen LogP contribution in [0.5, 0.6) is 0 Å². The maximum absolute atomic E-state index is 11.9. The summed E-state index contributed by atoms with van der Waals surface area (Å²) in [5.74, 6) is 2.41. The predicted octanol–water partition coefficient (Wildman–Crippen LogP) is 0.570. The summed E-state index contributed by atoms with van der Waals surface area (Å²) in [5, 5.41) is 2.79. The van der Waals surface area contributed by atoms with E-state index < -0.39 is 0 Å². The Hall–Kier alpha value is -2.42. The summed E-state index contributed by atoms with van der Waals surface area (Å²) in [5.41, 5.74) is 0. The third-order valence-electron chi connectivity index (χ3n) is 11.5. The first-order chi connectivity index (χ1) is 47.2. The smallest absolute Gasteiger partial charge is 0.222 e. The van der Waals surface area contributed by atoms with Gasteiger partial charge in [-0.1, -0.05) is 5.92 Å². The number of hydrogen-bond donors (Lipinski definition) is 1. The van der Waals surface area contributed by atoms with Crippen LogP contribution >= 0.6 is 0 Å². The Morgan fingerprint density at radius 2 is 0.347 bits per heavy atom. The molecule has 0 atom stereocenters. The van der Waals surface area contributed by atoms with Crippen molar-refractivity contribution in [3.63, 3.8) is 0 Å². The van der Waals surface area contributed by atoms with Crippen LogP contribution in [0.4, 0.5) is 0 Å². The lowest BCUT2D eigenvalue weighted by Gasteiger charge is -2.09. The quantitative estimate of drug-likeness (QED) is 0.0643. The van der Waals surface area contributed by atoms with Crippen LogP contribution in [0, 0.1) is 12.3 Å². The van der Waals surface area contributed by atoms with E-state index in [1.165, 1.54) is 0 Å². The molecule has 31 nitrogen and oxygen atoms in total. The van der Waals surface area contributed by atoms with Crippen LogP contribution in [0.25, 0.3) is 0 Å². The fraction of sp³-hybridized carbons (Fsp3) is 0.938. The zero-order valence-corrected chi connectivity index (χ0v) is 57.5. The van der Waals surface area contributed by atoms with Gasteiger partial charge in [0.25, 0.3) is 0 Å². The topological polar surface area (TPSA) is 305 Å². The first kappa shape index (κ1) is 92.6. The second kappa shape index (κ2) is 87.7. The first-order valence-electron chi connectivity index (χ1n) is 33.5. The number of Topliss-reactive ketones (excluding diaryl/α,β-unsaturated/α-hetero) is 1. The highest BCUT2D eigenvalue weighted by molar-refractivity contribution is 5.76. The molecule has 0 aromatic rings. The summed E-state index contributed by atoms with van der Waals surface area (Å²) in [6, 6.07) is 0. The second-order valence-corrected chi connectivity index (χ2v) is 19.3. The minimum absolute atomic E-state index is 0.0988. The predicted molar refractivity (Wildman–Crippen MR) is 345 cm³/mol. The van der Waals surface area contributed by atoms with E-state index in [1.54, 1.807) is 6.92 Å². The molecule has 0 radical (unpaired) electrons. The summed E-state index contributed by atoms with van der Waals surface area (Å²) < 4.78 is 153. The molecule has 1 amide bonds. The third kappa shape index (κ3) is 89.6. The molecule has 0 aromatic carbocycles. The number of rotatable bonds is 88. The summed E-state index contributed by atoms with van der Waals surface area (Å²) >= 11 is 0. The van der Waals surface area contributed by atoms with Crippen molar-refractivity contribution in [1.29, 1.82) is 0 Å². The van der Waals surface area contributed by atoms with Crippen molar-refractivity contribution < 1.29 is 142 Å². The largest absolute Gasteiger partial charge is 0.379 e. The van der Waals surface area contributed by atoms with Crippen LogP contribution in [0.15, 0.2) is 0 Å². The van der Waals surface area contributed by atoms with Gasteiger partial charge in [0.1, 0.15) is 12.4 Å². The fourth-order valence-electron chi connectivity index (χ4n) is 6.68. The minimum Gasteiger partial charge on any atom is -0.379 e. The van der Waals surface area contributed by atoms with Crippen molar-refractivity contribution in [2.75, 3.05) is 377 Å². The number of nitrogens with one attached hydrogen (secondary N) is 1. The van der Waals surface area contributed by atoms with Gasteiger partial charge in [0, 0.05) is 19.4 Å². The van der Waals surface area contributed by atoms with Crippen LogP contribution in [-0.2, 0) is 142 Å². The summed E-state index contributed by atoms with van der Waals surface area (Å²) in [7, 11) is 0. The normalized spacial score (nSPS) is 11.6. The average molecular weight is 1390 g/mol. The summed E-state index contributed by atoms with van der Waals surface area (Å²) in [6.07, 6.45) is 5.79. The fourth-order valence-corrected chi connectivity index (χ4v) is 6.68. The van der Waals surface area contributed by atoms with Crippen LogP contribution in [-0.4, -0.2) is 388 Å². The minimum atomic E-state index is -0.0988. The summed E-state index contributed by atoms with van der Waals surface area (Å²) in [4.78, 5) is 22.7. The van der Waals surface area contributed by atoms with E-state index in [-0.39, 0.29) is 24.7 Å². The van der Waals surface area contributed by atoms with Gasteiger partial charge in [0.2, 0.25) is 5.91 Å². The Kier molecular flexibility index (Phi) is 85.4. The molecule has 0 unspecified atom stereocenters. The Bertz CT molecular complexity index is 1500. The van der Waals surface area contributed by atoms with E-state index in [9.17, 15) is 9.59 Å². The van der Waals surface area contributed by atoms with Gasteiger partial charge in [-0.25, -0.2) is 0 Å². The van der Waals surface area contributed by atoms with E-state index in [4.69, 9.17) is 139 Å². The average Bonchev–Trinajstić information content (AvgIpc) is 3.59. The maximum Gasteiger partial charge on any atom is 0.222 e. The molecule has 0 aromatic heterocycles. The highest BCUT2D eigenvalue weighted by Crippen LogP contribution is 1.93. The number of terminal acetylenes is 1.